The lowest BCUT2D eigenvalue weighted by molar-refractivity contribution is -0.146. The van der Waals surface area contributed by atoms with Crippen LogP contribution in [-0.4, -0.2) is 219 Å². The van der Waals surface area contributed by atoms with Gasteiger partial charge in [0.1, 0.15) is 0 Å². The van der Waals surface area contributed by atoms with E-state index in [-0.39, 0.29) is 37.9 Å². The molecule has 0 spiro atoms. The van der Waals surface area contributed by atoms with E-state index in [0.717, 1.165) is 117 Å². The van der Waals surface area contributed by atoms with E-state index >= 15 is 0 Å². The molecule has 0 amide bonds. The Labute approximate surface area is 513 Å². The van der Waals surface area contributed by atoms with Crippen LogP contribution in [0.15, 0.2) is 182 Å². The van der Waals surface area contributed by atoms with E-state index in [1.807, 2.05) is 55.5 Å². The first-order chi connectivity index (χ1) is 42.4. The molecule has 6 aromatic carbocycles. The molecule has 0 saturated carbocycles. The number of nitrogens with one attached hydrogen (secondary N) is 2. The fourth-order valence-electron chi connectivity index (χ4n) is 11.3. The van der Waals surface area contributed by atoms with E-state index in [1.165, 1.54) is 27.8 Å². The number of aliphatic hydroxyl groups is 3. The number of aliphatic hydroxyl groups excluding tert-OH is 3. The molecule has 4 aliphatic heterocycles. The van der Waals surface area contributed by atoms with Gasteiger partial charge in [0.05, 0.1) is 72.6 Å². The van der Waals surface area contributed by atoms with Crippen molar-refractivity contribution in [1.82, 2.24) is 40.0 Å². The molecule has 10 rings (SSSR count). The standard InChI is InChI=1S/C23H30N2O3.C21H28N2O2.C19H24N2O.C7H16N2O2/c1-2-28-23(26)17-25-14-13-24(15-20-9-5-3-6-10-20)16-22(25)19-27-18-21-11-7-4-8-12-21;24-14-13-23-12-11-22(15-19-7-3-1-4-8-19)16-21(23)18-25-17-20-9-5-2-6-10-20;1-3-7-17(8-4-1)13-21-12-11-20-19(14-21)16-22-15-18-9-5-2-6-10-18;10-4-3-9-2-1-8-5-7(9)6-11/h3-12,22H,2,13-19H2,1H3;1-10,21,24H,11-18H2;1-10,19-20H,11-16H2;7-8,10-11H,1-6H2/t22-;21-;19-;7-/m1111/s1. The molecule has 5 N–H and O–H groups in total. The minimum absolute atomic E-state index is 0.160. The molecule has 0 unspecified atom stereocenters. The largest absolute Gasteiger partial charge is 0.465 e. The molecule has 4 saturated heterocycles. The van der Waals surface area contributed by atoms with Crippen LogP contribution < -0.4 is 10.6 Å². The second-order valence-electron chi connectivity index (χ2n) is 22.5. The van der Waals surface area contributed by atoms with Crippen LogP contribution in [0.3, 0.4) is 0 Å². The molecule has 16 nitrogen and oxygen atoms in total. The molecule has 0 bridgehead atoms. The predicted octanol–water partition coefficient (Wildman–Crippen LogP) is 6.26. The smallest absolute Gasteiger partial charge is 0.320 e. The van der Waals surface area contributed by atoms with Crippen LogP contribution >= 0.6 is 0 Å². The van der Waals surface area contributed by atoms with E-state index in [4.69, 9.17) is 29.2 Å². The van der Waals surface area contributed by atoms with Gasteiger partial charge in [0.2, 0.25) is 0 Å². The van der Waals surface area contributed by atoms with Gasteiger partial charge in [0, 0.05) is 135 Å². The third-order valence-electron chi connectivity index (χ3n) is 15.8. The Hall–Kier alpha value is -5.77. The van der Waals surface area contributed by atoms with Crippen LogP contribution in [0.4, 0.5) is 0 Å². The Bertz CT molecular complexity index is 2640. The van der Waals surface area contributed by atoms with Crippen LogP contribution in [0.25, 0.3) is 0 Å². The van der Waals surface area contributed by atoms with Gasteiger partial charge in [0.25, 0.3) is 0 Å². The summed E-state index contributed by atoms with van der Waals surface area (Å²) in [4.78, 5) is 26.1. The summed E-state index contributed by atoms with van der Waals surface area (Å²) in [6.45, 7) is 23.0. The molecule has 0 aliphatic carbocycles. The molecule has 16 heteroatoms. The number of nitrogens with zero attached hydrogens (tertiary/aromatic N) is 6. The molecular formula is C70H98N8O8. The topological polar surface area (TPSA) is 158 Å². The zero-order chi connectivity index (χ0) is 60.1. The van der Waals surface area contributed by atoms with Crippen molar-refractivity contribution in [3.05, 3.63) is 215 Å². The zero-order valence-corrected chi connectivity index (χ0v) is 51.0. The highest BCUT2D eigenvalue weighted by Gasteiger charge is 2.30. The van der Waals surface area contributed by atoms with Gasteiger partial charge in [-0.15, -0.1) is 0 Å². The number of esters is 1. The minimum Gasteiger partial charge on any atom is -0.465 e. The fraction of sp³-hybridized carbons (Fsp3) is 0.471. The second kappa shape index (κ2) is 40.6. The number of β-amino-alcohol motifs (C(OH)–C–C–N with tert-alkyl or cyclic N) is 2. The van der Waals surface area contributed by atoms with Gasteiger partial charge in [0.15, 0.2) is 0 Å². The first-order valence-electron chi connectivity index (χ1n) is 31.2. The Balaban J connectivity index is 0.000000170. The molecule has 466 valence electrons. The Kier molecular flexibility index (Phi) is 32.0. The number of ether oxygens (including phenoxy) is 4. The molecule has 4 heterocycles. The zero-order valence-electron chi connectivity index (χ0n) is 51.0. The van der Waals surface area contributed by atoms with Gasteiger partial charge < -0.3 is 44.9 Å². The number of hydrogen-bond acceptors (Lipinski definition) is 16. The second-order valence-corrected chi connectivity index (χ2v) is 22.5. The summed E-state index contributed by atoms with van der Waals surface area (Å²) in [7, 11) is 0. The first kappa shape index (κ1) is 67.7. The molecule has 0 radical (unpaired) electrons. The summed E-state index contributed by atoms with van der Waals surface area (Å²) in [5.74, 6) is -0.160. The molecule has 4 aliphatic rings. The summed E-state index contributed by atoms with van der Waals surface area (Å²) >= 11 is 0. The summed E-state index contributed by atoms with van der Waals surface area (Å²) in [6, 6.07) is 63.7. The molecular weight excluding hydrogens is 1080 g/mol. The van der Waals surface area contributed by atoms with Gasteiger partial charge in [-0.2, -0.15) is 0 Å². The lowest BCUT2D eigenvalue weighted by atomic mass is 10.1. The molecule has 4 fully saturated rings. The molecule has 6 aromatic rings. The highest BCUT2D eigenvalue weighted by molar-refractivity contribution is 5.71. The quantitative estimate of drug-likeness (QED) is 0.0388. The van der Waals surface area contributed by atoms with E-state index in [1.54, 1.807) is 0 Å². The summed E-state index contributed by atoms with van der Waals surface area (Å²) in [6.07, 6.45) is 0. The van der Waals surface area contributed by atoms with Crippen molar-refractivity contribution >= 4 is 5.97 Å². The van der Waals surface area contributed by atoms with Crippen LogP contribution in [0.2, 0.25) is 0 Å². The van der Waals surface area contributed by atoms with E-state index < -0.39 is 0 Å². The lowest BCUT2D eigenvalue weighted by Gasteiger charge is -2.41. The molecule has 0 aromatic heterocycles. The van der Waals surface area contributed by atoms with Crippen molar-refractivity contribution in [1.29, 1.82) is 0 Å². The number of benzene rings is 6. The first-order valence-corrected chi connectivity index (χ1v) is 31.2. The minimum atomic E-state index is -0.160. The maximum Gasteiger partial charge on any atom is 0.320 e. The van der Waals surface area contributed by atoms with E-state index in [2.05, 4.69) is 173 Å². The Morgan fingerprint density at radius 1 is 0.453 bits per heavy atom. The van der Waals surface area contributed by atoms with Crippen molar-refractivity contribution in [2.24, 2.45) is 0 Å². The van der Waals surface area contributed by atoms with Crippen LogP contribution in [0.5, 0.6) is 0 Å². The lowest BCUT2D eigenvalue weighted by Crippen LogP contribution is -2.55. The van der Waals surface area contributed by atoms with Gasteiger partial charge in [-0.05, 0) is 40.3 Å². The van der Waals surface area contributed by atoms with E-state index in [0.29, 0.717) is 64.8 Å². The highest BCUT2D eigenvalue weighted by Crippen LogP contribution is 2.18. The van der Waals surface area contributed by atoms with Gasteiger partial charge >= 0.3 is 5.97 Å². The number of carbonyl (C=O) groups is 1. The number of piperazine rings is 4. The van der Waals surface area contributed by atoms with Crippen molar-refractivity contribution < 1.29 is 39.1 Å². The van der Waals surface area contributed by atoms with Crippen molar-refractivity contribution in [2.75, 3.05) is 144 Å². The summed E-state index contributed by atoms with van der Waals surface area (Å²) < 4.78 is 23.0. The Morgan fingerprint density at radius 2 is 0.849 bits per heavy atom. The van der Waals surface area contributed by atoms with Crippen molar-refractivity contribution in [3.63, 3.8) is 0 Å². The van der Waals surface area contributed by atoms with Crippen LogP contribution in [0, 0.1) is 0 Å². The highest BCUT2D eigenvalue weighted by atomic mass is 16.5. The Morgan fingerprint density at radius 3 is 1.28 bits per heavy atom. The number of hydrogen-bond donors (Lipinski definition) is 5. The maximum absolute atomic E-state index is 12.0. The SMILES string of the molecule is CCOC(=O)CN1CCN(Cc2ccccc2)C[C@@H]1COCc1ccccc1.OCCN1CCN(Cc2ccccc2)C[C@@H]1COCc1ccccc1.OCCN1CCNC[C@@H]1CO.c1ccc(COC[C@H]2CN(Cc3ccccc3)CCN2)cc1. The van der Waals surface area contributed by atoms with Crippen LogP contribution in [0.1, 0.15) is 40.3 Å². The molecule has 86 heavy (non-hydrogen) atoms. The summed E-state index contributed by atoms with van der Waals surface area (Å²) in [5.41, 5.74) is 7.64. The van der Waals surface area contributed by atoms with Crippen LogP contribution in [-0.2, 0) is 63.2 Å². The van der Waals surface area contributed by atoms with Crippen molar-refractivity contribution in [2.45, 2.75) is 70.5 Å². The third-order valence-corrected chi connectivity index (χ3v) is 15.8. The summed E-state index contributed by atoms with van der Waals surface area (Å²) in [5, 5.41) is 33.7. The molecule has 4 atom stereocenters. The van der Waals surface area contributed by atoms with E-state index in [9.17, 15) is 9.90 Å². The number of rotatable bonds is 26. The van der Waals surface area contributed by atoms with Crippen molar-refractivity contribution in [3.8, 4) is 0 Å². The average Bonchev–Trinajstić information content (AvgIpc) is 3.72. The number of carbonyl (C=O) groups excluding carboxylic acids is 1. The maximum atomic E-state index is 12.0. The third kappa shape index (κ3) is 25.9. The predicted molar refractivity (Wildman–Crippen MR) is 342 cm³/mol. The monoisotopic (exact) mass is 1180 g/mol. The average molecular weight is 1180 g/mol. The van der Waals surface area contributed by atoms with Gasteiger partial charge in [-0.3, -0.25) is 34.2 Å². The van der Waals surface area contributed by atoms with Gasteiger partial charge in [-0.25, -0.2) is 0 Å². The fourth-order valence-corrected chi connectivity index (χ4v) is 11.3. The van der Waals surface area contributed by atoms with Gasteiger partial charge in [-0.1, -0.05) is 182 Å². The normalized spacial score (nSPS) is 19.9.